The second kappa shape index (κ2) is 10.9. The van der Waals surface area contributed by atoms with Crippen LogP contribution >= 0.6 is 46.6 Å². The van der Waals surface area contributed by atoms with Gasteiger partial charge in [0.25, 0.3) is 5.91 Å². The summed E-state index contributed by atoms with van der Waals surface area (Å²) in [4.78, 5) is 54.2. The monoisotopic (exact) mass is 581 g/mol. The second-order valence-electron chi connectivity index (χ2n) is 9.14. The smallest absolute Gasteiger partial charge is 0.340 e. The summed E-state index contributed by atoms with van der Waals surface area (Å²) in [6, 6.07) is 3.75. The molecular weight excluding hydrogens is 557 g/mol. The highest BCUT2D eigenvalue weighted by Crippen LogP contribution is 2.43. The molecule has 198 valence electrons. The molecule has 0 bridgehead atoms. The third-order valence-corrected chi connectivity index (χ3v) is 6.96. The number of para-hydroxylation sites is 1. The summed E-state index contributed by atoms with van der Waals surface area (Å²) in [5.41, 5.74) is 5.07. The number of aliphatic hydroxyl groups excluding tert-OH is 1. The minimum absolute atomic E-state index is 0.0663. The number of amides is 2. The van der Waals surface area contributed by atoms with Crippen molar-refractivity contribution in [2.45, 2.75) is 53.7 Å². The molecule has 2 heterocycles. The summed E-state index contributed by atoms with van der Waals surface area (Å²) in [5.74, 6) is -2.82. The third kappa shape index (κ3) is 6.20. The van der Waals surface area contributed by atoms with E-state index in [1.807, 2.05) is 0 Å². The van der Waals surface area contributed by atoms with Crippen molar-refractivity contribution in [1.29, 1.82) is 0 Å². The van der Waals surface area contributed by atoms with Crippen LogP contribution in [-0.4, -0.2) is 85.6 Å². The number of hydrogen-bond donors (Lipinski definition) is 2. The Morgan fingerprint density at radius 1 is 1.22 bits per heavy atom. The molecular formula is C22H26Cl3N3O7S. The van der Waals surface area contributed by atoms with E-state index < -0.39 is 69.9 Å². The Morgan fingerprint density at radius 3 is 2.44 bits per heavy atom. The highest BCUT2D eigenvalue weighted by molar-refractivity contribution is 8.00. The maximum Gasteiger partial charge on any atom is 0.340 e. The van der Waals surface area contributed by atoms with E-state index in [1.165, 1.54) is 23.9 Å². The number of esters is 2. The summed E-state index contributed by atoms with van der Waals surface area (Å²) >= 11 is 18.1. The zero-order chi connectivity index (χ0) is 27.0. The first kappa shape index (κ1) is 28.8. The number of fused-ring (bicyclic) bond motifs is 1. The Balaban J connectivity index is 1.94. The molecule has 0 radical (unpaired) electrons. The van der Waals surface area contributed by atoms with Crippen LogP contribution < -0.4 is 10.6 Å². The van der Waals surface area contributed by atoms with Crippen LogP contribution in [0, 0.1) is 0 Å². The molecule has 0 aromatic heterocycles. The maximum atomic E-state index is 13.4. The first-order chi connectivity index (χ1) is 16.7. The van der Waals surface area contributed by atoms with Crippen molar-refractivity contribution in [1.82, 2.24) is 4.90 Å². The number of rotatable bonds is 6. The van der Waals surface area contributed by atoms with Crippen LogP contribution in [0.2, 0.25) is 0 Å². The molecule has 2 aliphatic heterocycles. The number of β-lactam (4-membered cyclic amide) rings is 1. The number of carbonyl (C=O) groups excluding carboxylic acids is 4. The van der Waals surface area contributed by atoms with Gasteiger partial charge in [0, 0.05) is 5.75 Å². The predicted octanol–water partition coefficient (Wildman–Crippen LogP) is 1.86. The Bertz CT molecular complexity index is 1050. The van der Waals surface area contributed by atoms with Crippen molar-refractivity contribution >= 4 is 76.0 Å². The number of alkyl halides is 3. The molecule has 1 aromatic carbocycles. The zero-order valence-corrected chi connectivity index (χ0v) is 22.7. The van der Waals surface area contributed by atoms with Gasteiger partial charge in [-0.1, -0.05) is 46.9 Å². The lowest BCUT2D eigenvalue weighted by Crippen LogP contribution is -2.77. The van der Waals surface area contributed by atoms with E-state index >= 15 is 0 Å². The van der Waals surface area contributed by atoms with Crippen molar-refractivity contribution in [3.63, 3.8) is 0 Å². The van der Waals surface area contributed by atoms with E-state index in [4.69, 9.17) is 50.0 Å². The molecule has 10 nitrogen and oxygen atoms in total. The fraction of sp³-hybridized carbons (Fsp3) is 0.545. The van der Waals surface area contributed by atoms with E-state index in [0.717, 1.165) is 9.80 Å². The normalized spacial score (nSPS) is 23.9. The molecule has 36 heavy (non-hydrogen) atoms. The van der Waals surface area contributed by atoms with Crippen LogP contribution in [0.4, 0.5) is 5.69 Å². The lowest BCUT2D eigenvalue weighted by atomic mass is 9.96. The minimum Gasteiger partial charge on any atom is -0.460 e. The third-order valence-electron chi connectivity index (χ3n) is 5.28. The van der Waals surface area contributed by atoms with Gasteiger partial charge in [-0.3, -0.25) is 14.5 Å². The fourth-order valence-electron chi connectivity index (χ4n) is 3.88. The summed E-state index contributed by atoms with van der Waals surface area (Å²) in [6.07, 6.45) is -1.24. The van der Waals surface area contributed by atoms with Gasteiger partial charge in [-0.25, -0.2) is 9.59 Å². The lowest BCUT2D eigenvalue weighted by molar-refractivity contribution is -0.169. The second-order valence-corrected chi connectivity index (χ2v) is 12.8. The number of thioether (sulfide) groups is 1. The van der Waals surface area contributed by atoms with E-state index in [1.54, 1.807) is 32.9 Å². The number of halogens is 3. The topological polar surface area (TPSA) is 139 Å². The highest BCUT2D eigenvalue weighted by Gasteiger charge is 2.60. The fourth-order valence-corrected chi connectivity index (χ4v) is 5.44. The van der Waals surface area contributed by atoms with Gasteiger partial charge >= 0.3 is 11.9 Å². The molecule has 2 amide bonds. The molecule has 2 saturated heterocycles. The molecule has 2 fully saturated rings. The number of aliphatic hydroxyl groups is 1. The maximum absolute atomic E-state index is 13.4. The molecule has 1 aromatic rings. The number of nitrogens with zero attached hydrogens (tertiary/aromatic N) is 2. The number of hydrogen-bond acceptors (Lipinski definition) is 9. The number of anilines is 1. The SMILES string of the molecule is CC(C)(C)OC(=O)c1ccccc1N(C(=O)CN)[C@@H]1C(=O)N2C(C(=O)OCC(Cl)(Cl)Cl)C(O)CS[C@@H]12. The van der Waals surface area contributed by atoms with Crippen LogP contribution in [0.25, 0.3) is 0 Å². The first-order valence-electron chi connectivity index (χ1n) is 10.9. The minimum atomic E-state index is -1.87. The van der Waals surface area contributed by atoms with Crippen LogP contribution in [0.5, 0.6) is 0 Å². The van der Waals surface area contributed by atoms with Crippen molar-refractivity contribution < 1.29 is 33.8 Å². The summed E-state index contributed by atoms with van der Waals surface area (Å²) in [5, 5.41) is 9.73. The number of nitrogens with two attached hydrogens (primary N) is 1. The Hall–Kier alpha value is -1.76. The van der Waals surface area contributed by atoms with Gasteiger partial charge in [-0.15, -0.1) is 11.8 Å². The van der Waals surface area contributed by atoms with Crippen LogP contribution in [0.3, 0.4) is 0 Å². The molecule has 3 rings (SSSR count). The molecule has 0 spiro atoms. The quantitative estimate of drug-likeness (QED) is 0.292. The van der Waals surface area contributed by atoms with Crippen molar-refractivity contribution in [3.8, 4) is 0 Å². The first-order valence-corrected chi connectivity index (χ1v) is 13.0. The van der Waals surface area contributed by atoms with Crippen LogP contribution in [0.15, 0.2) is 24.3 Å². The van der Waals surface area contributed by atoms with E-state index in [2.05, 4.69) is 0 Å². The lowest BCUT2D eigenvalue weighted by Gasteiger charge is -2.56. The van der Waals surface area contributed by atoms with E-state index in [0.29, 0.717) is 0 Å². The van der Waals surface area contributed by atoms with Crippen molar-refractivity contribution in [2.75, 3.05) is 23.8 Å². The zero-order valence-electron chi connectivity index (χ0n) is 19.7. The molecule has 4 atom stereocenters. The summed E-state index contributed by atoms with van der Waals surface area (Å²) in [7, 11) is 0. The number of carbonyl (C=O) groups is 4. The molecule has 2 aliphatic rings. The number of ether oxygens (including phenoxy) is 2. The van der Waals surface area contributed by atoms with Gasteiger partial charge in [0.05, 0.1) is 23.9 Å². The van der Waals surface area contributed by atoms with Gasteiger partial charge < -0.3 is 25.2 Å². The van der Waals surface area contributed by atoms with E-state index in [-0.39, 0.29) is 17.0 Å². The molecule has 14 heteroatoms. The van der Waals surface area contributed by atoms with Gasteiger partial charge in [-0.2, -0.15) is 0 Å². The van der Waals surface area contributed by atoms with Gasteiger partial charge in [0.15, 0.2) is 6.04 Å². The van der Waals surface area contributed by atoms with Crippen LogP contribution in [-0.2, 0) is 23.9 Å². The van der Waals surface area contributed by atoms with Crippen LogP contribution in [0.1, 0.15) is 31.1 Å². The molecule has 2 unspecified atom stereocenters. The van der Waals surface area contributed by atoms with Gasteiger partial charge in [0.2, 0.25) is 9.70 Å². The Labute approximate surface area is 227 Å². The van der Waals surface area contributed by atoms with Gasteiger partial charge in [-0.05, 0) is 32.9 Å². The summed E-state index contributed by atoms with van der Waals surface area (Å²) in [6.45, 7) is 4.09. The molecule has 0 saturated carbocycles. The average Bonchev–Trinajstić information content (AvgIpc) is 2.78. The number of benzene rings is 1. The van der Waals surface area contributed by atoms with Crippen molar-refractivity contribution in [3.05, 3.63) is 29.8 Å². The summed E-state index contributed by atoms with van der Waals surface area (Å²) < 4.78 is 8.60. The average molecular weight is 583 g/mol. The largest absolute Gasteiger partial charge is 0.460 e. The molecule has 0 aliphatic carbocycles. The van der Waals surface area contributed by atoms with Crippen molar-refractivity contribution in [2.24, 2.45) is 5.73 Å². The predicted molar refractivity (Wildman–Crippen MR) is 136 cm³/mol. The standard InChI is InChI=1S/C22H26Cl3N3O7S/c1-21(2,3)35-19(32)11-6-4-5-7-12(11)27(14(30)8-26)16-17(31)28-15(13(29)9-36-18(16)28)20(33)34-10-22(23,24)25/h4-7,13,15-16,18,29H,8-10,26H2,1-3H3/t13?,15?,16-,18+/m1/s1. The highest BCUT2D eigenvalue weighted by atomic mass is 35.6. The van der Waals surface area contributed by atoms with E-state index in [9.17, 15) is 24.3 Å². The molecule has 3 N–H and O–H groups in total. The Kier molecular flexibility index (Phi) is 8.74. The Morgan fingerprint density at radius 2 is 1.86 bits per heavy atom. The van der Waals surface area contributed by atoms with Gasteiger partial charge in [0.1, 0.15) is 23.6 Å².